The maximum Gasteiger partial charge on any atom is 0.123 e. The van der Waals surface area contributed by atoms with Gasteiger partial charge < -0.3 is 4.57 Å². The van der Waals surface area contributed by atoms with Crippen molar-refractivity contribution in [3.8, 4) is 0 Å². The average molecular weight is 413 g/mol. The molecule has 2 atom stereocenters. The van der Waals surface area contributed by atoms with Crippen LogP contribution in [0.15, 0.2) is 104 Å². The van der Waals surface area contributed by atoms with Crippen LogP contribution in [0.5, 0.6) is 0 Å². The zero-order valence-electron chi connectivity index (χ0n) is 17.1. The highest BCUT2D eigenvalue weighted by molar-refractivity contribution is 5.29. The molecule has 5 heteroatoms. The van der Waals surface area contributed by atoms with Gasteiger partial charge in [0.25, 0.3) is 0 Å². The molecule has 0 unspecified atom stereocenters. The van der Waals surface area contributed by atoms with Crippen LogP contribution in [0, 0.1) is 5.82 Å². The summed E-state index contributed by atoms with van der Waals surface area (Å²) in [5.74, 6) is -0.241. The van der Waals surface area contributed by atoms with Crippen molar-refractivity contribution >= 4 is 0 Å². The SMILES string of the molecule is Fc1ccc([C@]2(Cn3ccnc3)C[C@@H](c3ccccc3)ON2Cc2ccccc2)cc1. The van der Waals surface area contributed by atoms with Crippen LogP contribution in [0.3, 0.4) is 0 Å². The normalized spacial score (nSPS) is 21.4. The van der Waals surface area contributed by atoms with Gasteiger partial charge in [-0.25, -0.2) is 9.37 Å². The Morgan fingerprint density at radius 3 is 2.32 bits per heavy atom. The fourth-order valence-electron chi connectivity index (χ4n) is 4.42. The highest BCUT2D eigenvalue weighted by Gasteiger charge is 2.49. The van der Waals surface area contributed by atoms with E-state index in [0.29, 0.717) is 13.1 Å². The first kappa shape index (κ1) is 19.7. The fourth-order valence-corrected chi connectivity index (χ4v) is 4.42. The second-order valence-corrected chi connectivity index (χ2v) is 8.00. The van der Waals surface area contributed by atoms with Crippen LogP contribution in [0.25, 0.3) is 0 Å². The molecule has 0 aliphatic carbocycles. The Morgan fingerprint density at radius 1 is 0.935 bits per heavy atom. The van der Waals surface area contributed by atoms with Gasteiger partial charge >= 0.3 is 0 Å². The average Bonchev–Trinajstić information content (AvgIpc) is 3.45. The highest BCUT2D eigenvalue weighted by atomic mass is 19.1. The number of nitrogens with zero attached hydrogens (tertiary/aromatic N) is 3. The smallest absolute Gasteiger partial charge is 0.123 e. The number of aromatic nitrogens is 2. The molecule has 4 aromatic rings. The molecule has 1 saturated heterocycles. The lowest BCUT2D eigenvalue weighted by molar-refractivity contribution is -0.203. The van der Waals surface area contributed by atoms with E-state index in [9.17, 15) is 4.39 Å². The molecule has 1 aliphatic heterocycles. The highest BCUT2D eigenvalue weighted by Crippen LogP contribution is 2.48. The second kappa shape index (κ2) is 8.46. The van der Waals surface area contributed by atoms with E-state index in [1.807, 2.05) is 61.1 Å². The molecule has 1 aliphatic rings. The Balaban J connectivity index is 1.60. The molecule has 0 spiro atoms. The lowest BCUT2D eigenvalue weighted by Gasteiger charge is -2.37. The molecule has 5 rings (SSSR count). The number of hydrogen-bond donors (Lipinski definition) is 0. The molecule has 156 valence electrons. The number of rotatable bonds is 6. The topological polar surface area (TPSA) is 30.3 Å². The number of hydrogen-bond acceptors (Lipinski definition) is 3. The Kier molecular flexibility index (Phi) is 5.37. The van der Waals surface area contributed by atoms with Gasteiger partial charge in [0, 0.05) is 25.4 Å². The van der Waals surface area contributed by atoms with Crippen LogP contribution in [-0.2, 0) is 23.5 Å². The molecule has 0 amide bonds. The van der Waals surface area contributed by atoms with Gasteiger partial charge in [0.05, 0.1) is 18.4 Å². The van der Waals surface area contributed by atoms with E-state index in [1.54, 1.807) is 6.20 Å². The zero-order valence-corrected chi connectivity index (χ0v) is 17.1. The van der Waals surface area contributed by atoms with Gasteiger partial charge in [0.15, 0.2) is 0 Å². The maximum atomic E-state index is 13.8. The largest absolute Gasteiger partial charge is 0.335 e. The molecule has 4 nitrogen and oxygen atoms in total. The summed E-state index contributed by atoms with van der Waals surface area (Å²) in [4.78, 5) is 10.8. The van der Waals surface area contributed by atoms with Gasteiger partial charge in [-0.3, -0.25) is 4.84 Å². The first-order valence-electron chi connectivity index (χ1n) is 10.5. The summed E-state index contributed by atoms with van der Waals surface area (Å²) < 4.78 is 15.9. The molecule has 0 radical (unpaired) electrons. The minimum atomic E-state index is -0.481. The van der Waals surface area contributed by atoms with Crippen molar-refractivity contribution in [3.63, 3.8) is 0 Å². The molecule has 0 bridgehead atoms. The predicted molar refractivity (Wildman–Crippen MR) is 117 cm³/mol. The molecule has 0 N–H and O–H groups in total. The Morgan fingerprint density at radius 2 is 1.65 bits per heavy atom. The van der Waals surface area contributed by atoms with Gasteiger partial charge in [-0.2, -0.15) is 5.06 Å². The van der Waals surface area contributed by atoms with E-state index in [4.69, 9.17) is 4.84 Å². The van der Waals surface area contributed by atoms with Crippen molar-refractivity contribution in [1.29, 1.82) is 0 Å². The van der Waals surface area contributed by atoms with Crippen molar-refractivity contribution in [2.24, 2.45) is 0 Å². The van der Waals surface area contributed by atoms with Crippen molar-refractivity contribution in [1.82, 2.24) is 14.6 Å². The van der Waals surface area contributed by atoms with Gasteiger partial charge in [0.1, 0.15) is 11.9 Å². The lowest BCUT2D eigenvalue weighted by atomic mass is 9.83. The molecular weight excluding hydrogens is 389 g/mol. The van der Waals surface area contributed by atoms with Crippen molar-refractivity contribution in [3.05, 3.63) is 126 Å². The summed E-state index contributed by atoms with van der Waals surface area (Å²) in [5, 5.41) is 2.08. The minimum Gasteiger partial charge on any atom is -0.335 e. The Hall–Kier alpha value is -3.28. The van der Waals surface area contributed by atoms with Crippen molar-refractivity contribution in [2.45, 2.75) is 31.2 Å². The molecule has 3 aromatic carbocycles. The molecular formula is C26H24FN3O. The third kappa shape index (κ3) is 4.02. The maximum absolute atomic E-state index is 13.8. The Labute approximate surface area is 181 Å². The van der Waals surface area contributed by atoms with E-state index in [1.165, 1.54) is 12.1 Å². The van der Waals surface area contributed by atoms with E-state index in [2.05, 4.69) is 38.9 Å². The Bertz CT molecular complexity index is 1100. The molecule has 0 saturated carbocycles. The summed E-state index contributed by atoms with van der Waals surface area (Å²) in [6.45, 7) is 1.27. The summed E-state index contributed by atoms with van der Waals surface area (Å²) in [7, 11) is 0. The van der Waals surface area contributed by atoms with Crippen LogP contribution in [-0.4, -0.2) is 14.6 Å². The standard InChI is InChI=1S/C26H24FN3O/c27-24-13-11-23(12-14-24)26(19-29-16-15-28-20-29)17-25(22-9-5-2-6-10-22)31-30(26)18-21-7-3-1-4-8-21/h1-16,20,25H,17-19H2/t25-,26+/m0/s1. The van der Waals surface area contributed by atoms with E-state index >= 15 is 0 Å². The lowest BCUT2D eigenvalue weighted by Crippen LogP contribution is -2.43. The predicted octanol–water partition coefficient (Wildman–Crippen LogP) is 5.50. The fraction of sp³-hybridized carbons (Fsp3) is 0.192. The second-order valence-electron chi connectivity index (χ2n) is 8.00. The number of hydroxylamine groups is 2. The third-order valence-corrected chi connectivity index (χ3v) is 5.98. The van der Waals surface area contributed by atoms with Gasteiger partial charge in [0.2, 0.25) is 0 Å². The van der Waals surface area contributed by atoms with E-state index < -0.39 is 5.54 Å². The van der Waals surface area contributed by atoms with E-state index in [0.717, 1.165) is 23.1 Å². The number of benzene rings is 3. The summed E-state index contributed by atoms with van der Waals surface area (Å²) >= 11 is 0. The van der Waals surface area contributed by atoms with Gasteiger partial charge in [-0.15, -0.1) is 0 Å². The zero-order chi connectivity index (χ0) is 21.1. The molecule has 1 aromatic heterocycles. The quantitative estimate of drug-likeness (QED) is 0.418. The van der Waals surface area contributed by atoms with Crippen LogP contribution < -0.4 is 0 Å². The van der Waals surface area contributed by atoms with Crippen LogP contribution in [0.1, 0.15) is 29.2 Å². The number of halogens is 1. The summed E-state index contributed by atoms with van der Waals surface area (Å²) in [6.07, 6.45) is 6.21. The molecule has 31 heavy (non-hydrogen) atoms. The summed E-state index contributed by atoms with van der Waals surface area (Å²) in [5.41, 5.74) is 2.84. The van der Waals surface area contributed by atoms with E-state index in [-0.39, 0.29) is 11.9 Å². The van der Waals surface area contributed by atoms with Crippen LogP contribution in [0.2, 0.25) is 0 Å². The van der Waals surface area contributed by atoms with Crippen molar-refractivity contribution < 1.29 is 9.23 Å². The monoisotopic (exact) mass is 413 g/mol. The third-order valence-electron chi connectivity index (χ3n) is 5.98. The molecule has 1 fully saturated rings. The number of imidazole rings is 1. The van der Waals surface area contributed by atoms with Crippen LogP contribution >= 0.6 is 0 Å². The minimum absolute atomic E-state index is 0.0986. The van der Waals surface area contributed by atoms with Crippen molar-refractivity contribution in [2.75, 3.05) is 0 Å². The van der Waals surface area contributed by atoms with Gasteiger partial charge in [-0.05, 0) is 28.8 Å². The first-order valence-corrected chi connectivity index (χ1v) is 10.5. The first-order chi connectivity index (χ1) is 15.2. The molecule has 2 heterocycles. The van der Waals surface area contributed by atoms with Crippen LogP contribution in [0.4, 0.5) is 4.39 Å². The van der Waals surface area contributed by atoms with Gasteiger partial charge in [-0.1, -0.05) is 72.8 Å². The summed E-state index contributed by atoms with van der Waals surface area (Å²) in [6, 6.07) is 27.4.